The molecule has 2 heterocycles. The second-order valence-electron chi connectivity index (χ2n) is 13.7. The summed E-state index contributed by atoms with van der Waals surface area (Å²) in [6.45, 7) is 5.67. The molecule has 3 fully saturated rings. The van der Waals surface area contributed by atoms with E-state index in [2.05, 4.69) is 18.1 Å². The van der Waals surface area contributed by atoms with Gasteiger partial charge in [0.05, 0.1) is 35.7 Å². The van der Waals surface area contributed by atoms with Crippen molar-refractivity contribution >= 4 is 34.7 Å². The number of benzene rings is 1. The van der Waals surface area contributed by atoms with Crippen LogP contribution in [0.3, 0.4) is 0 Å². The van der Waals surface area contributed by atoms with Gasteiger partial charge in [-0.05, 0) is 117 Å². The van der Waals surface area contributed by atoms with Gasteiger partial charge in [0.1, 0.15) is 11.6 Å². The van der Waals surface area contributed by atoms with Crippen LogP contribution in [0.5, 0.6) is 0 Å². The van der Waals surface area contributed by atoms with Crippen molar-refractivity contribution in [1.29, 1.82) is 0 Å². The molecule has 4 aliphatic rings. The number of ether oxygens (including phenoxy) is 1. The maximum atomic E-state index is 14.1. The average molecular weight is 633 g/mol. The molecule has 4 aliphatic carbocycles. The Hall–Kier alpha value is -3.50. The van der Waals surface area contributed by atoms with E-state index in [1.54, 1.807) is 18.2 Å². The van der Waals surface area contributed by atoms with Crippen molar-refractivity contribution in [2.75, 3.05) is 5.75 Å². The number of rotatable bonds is 6. The number of esters is 1. The molecule has 1 N–H and O–H groups in total. The molecule has 0 amide bonds. The van der Waals surface area contributed by atoms with E-state index in [0.717, 1.165) is 41.5 Å². The standard InChI is InChI=1S/C35H37FN2O6S/c1-20(39)19-45-32(42)35(44-31(41)29-5-4-14-43-29)13-12-26-25-11-6-22-15-27-21(18-37-38(27)24-9-7-23(36)8-10-24)16-33(22,2)30(25)28(40)17-34(26,35)3/h4-5,7-10,14-15,18,25-26,28,30,40H,6,11-13,16-17,19H2,1-3H3/t25-,26-,28-,30+,33-,34-,35-/m0/s1. The number of thioether (sulfide) groups is 1. The average Bonchev–Trinajstić information content (AvgIpc) is 3.73. The first-order valence-corrected chi connectivity index (χ1v) is 16.6. The lowest BCUT2D eigenvalue weighted by Crippen LogP contribution is -2.62. The minimum atomic E-state index is -1.50. The fraction of sp³-hybridized carbons (Fsp3) is 0.486. The summed E-state index contributed by atoms with van der Waals surface area (Å²) in [6.07, 6.45) is 8.39. The number of aliphatic hydroxyl groups is 1. The number of allylic oxidation sites excluding steroid dienone is 1. The van der Waals surface area contributed by atoms with E-state index in [1.807, 2.05) is 17.8 Å². The Morgan fingerprint density at radius 1 is 1.18 bits per heavy atom. The maximum Gasteiger partial charge on any atom is 0.375 e. The molecule has 0 aliphatic heterocycles. The molecule has 2 aromatic heterocycles. The third kappa shape index (κ3) is 4.58. The Morgan fingerprint density at radius 2 is 1.96 bits per heavy atom. The fourth-order valence-corrected chi connectivity index (χ4v) is 10.3. The first-order valence-electron chi connectivity index (χ1n) is 15.6. The van der Waals surface area contributed by atoms with Crippen LogP contribution in [0.4, 0.5) is 4.39 Å². The number of Topliss-reactive ketones (excluding diaryl/α,β-unsaturated/α-hetero) is 1. The van der Waals surface area contributed by atoms with Gasteiger partial charge in [0.15, 0.2) is 5.60 Å². The zero-order chi connectivity index (χ0) is 31.7. The SMILES string of the molecule is CC(=O)CSC(=O)[C@@]1(OC(=O)c2ccco2)CC[C@H]2[C@@H]3CCC4=Cc5c(cnn5-c5ccc(F)cc5)C[C@]4(C)[C@H]3[C@@H](O)C[C@@]21C. The lowest BCUT2D eigenvalue weighted by atomic mass is 9.45. The highest BCUT2D eigenvalue weighted by molar-refractivity contribution is 8.14. The van der Waals surface area contributed by atoms with Crippen molar-refractivity contribution < 1.29 is 33.0 Å². The van der Waals surface area contributed by atoms with Gasteiger partial charge in [0.25, 0.3) is 0 Å². The van der Waals surface area contributed by atoms with Crippen LogP contribution in [0.15, 0.2) is 58.8 Å². The van der Waals surface area contributed by atoms with Crippen molar-refractivity contribution in [3.63, 3.8) is 0 Å². The van der Waals surface area contributed by atoms with Gasteiger partial charge in [0, 0.05) is 5.41 Å². The van der Waals surface area contributed by atoms with Gasteiger partial charge < -0.3 is 14.3 Å². The Morgan fingerprint density at radius 3 is 2.67 bits per heavy atom. The number of nitrogens with zero attached hydrogens (tertiary/aromatic N) is 2. The number of carbonyl (C=O) groups excluding carboxylic acids is 3. The normalized spacial score (nSPS) is 33.3. The molecule has 3 saturated carbocycles. The summed E-state index contributed by atoms with van der Waals surface area (Å²) < 4.78 is 27.0. The molecule has 8 nitrogen and oxygen atoms in total. The predicted molar refractivity (Wildman–Crippen MR) is 166 cm³/mol. The lowest BCUT2D eigenvalue weighted by Gasteiger charge is -2.60. The van der Waals surface area contributed by atoms with Crippen LogP contribution in [0.1, 0.15) is 74.7 Å². The summed E-state index contributed by atoms with van der Waals surface area (Å²) in [5.74, 6) is -1.07. The van der Waals surface area contributed by atoms with Crippen molar-refractivity contribution in [3.8, 4) is 5.69 Å². The summed E-state index contributed by atoms with van der Waals surface area (Å²) in [5, 5.41) is 16.4. The molecule has 0 unspecified atom stereocenters. The van der Waals surface area contributed by atoms with Crippen LogP contribution in [0.2, 0.25) is 0 Å². The molecule has 0 saturated heterocycles. The maximum absolute atomic E-state index is 14.1. The van der Waals surface area contributed by atoms with Crippen molar-refractivity contribution in [2.45, 2.75) is 71.0 Å². The van der Waals surface area contributed by atoms with Crippen molar-refractivity contribution in [2.24, 2.45) is 28.6 Å². The van der Waals surface area contributed by atoms with Crippen LogP contribution >= 0.6 is 11.8 Å². The minimum absolute atomic E-state index is 0.00555. The van der Waals surface area contributed by atoms with E-state index in [4.69, 9.17) is 9.15 Å². The number of aromatic nitrogens is 2. The molecular formula is C35H37FN2O6S. The summed E-state index contributed by atoms with van der Waals surface area (Å²) in [6, 6.07) is 9.41. The third-order valence-electron chi connectivity index (χ3n) is 11.3. The van der Waals surface area contributed by atoms with Crippen LogP contribution in [-0.2, 0) is 20.7 Å². The van der Waals surface area contributed by atoms with E-state index in [-0.39, 0.29) is 51.4 Å². The van der Waals surface area contributed by atoms with Crippen LogP contribution in [0.25, 0.3) is 11.8 Å². The number of hydrogen-bond donors (Lipinski definition) is 1. The van der Waals surface area contributed by atoms with Gasteiger partial charge in [-0.2, -0.15) is 5.10 Å². The molecule has 1 aromatic carbocycles. The summed E-state index contributed by atoms with van der Waals surface area (Å²) >= 11 is 0.899. The Labute approximate surface area is 265 Å². The predicted octanol–water partition coefficient (Wildman–Crippen LogP) is 6.20. The molecule has 3 aromatic rings. The van der Waals surface area contributed by atoms with Gasteiger partial charge >= 0.3 is 5.97 Å². The quantitative estimate of drug-likeness (QED) is 0.320. The zero-order valence-electron chi connectivity index (χ0n) is 25.6. The van der Waals surface area contributed by atoms with Crippen LogP contribution in [-0.4, -0.2) is 49.2 Å². The van der Waals surface area contributed by atoms with Gasteiger partial charge in [-0.1, -0.05) is 31.2 Å². The molecule has 7 atom stereocenters. The third-order valence-corrected chi connectivity index (χ3v) is 12.5. The minimum Gasteiger partial charge on any atom is -0.457 e. The summed E-state index contributed by atoms with van der Waals surface area (Å²) in [4.78, 5) is 39.2. The molecule has 236 valence electrons. The molecule has 0 radical (unpaired) electrons. The summed E-state index contributed by atoms with van der Waals surface area (Å²) in [5.41, 5.74) is 1.47. The molecule has 0 bridgehead atoms. The van der Waals surface area contributed by atoms with Gasteiger partial charge in [0.2, 0.25) is 10.9 Å². The number of aliphatic hydroxyl groups excluding tert-OH is 1. The number of halogens is 1. The first kappa shape index (κ1) is 30.2. The highest BCUT2D eigenvalue weighted by Gasteiger charge is 2.70. The largest absolute Gasteiger partial charge is 0.457 e. The van der Waals surface area contributed by atoms with Gasteiger partial charge in [-0.3, -0.25) is 9.59 Å². The van der Waals surface area contributed by atoms with E-state index < -0.39 is 23.1 Å². The topological polar surface area (TPSA) is 112 Å². The second kappa shape index (κ2) is 10.8. The van der Waals surface area contributed by atoms with Gasteiger partial charge in [-0.15, -0.1) is 0 Å². The van der Waals surface area contributed by atoms with E-state index in [1.165, 1.54) is 37.0 Å². The van der Waals surface area contributed by atoms with Crippen molar-refractivity contribution in [1.82, 2.24) is 9.78 Å². The van der Waals surface area contributed by atoms with E-state index in [9.17, 15) is 23.9 Å². The Balaban J connectivity index is 1.23. The summed E-state index contributed by atoms with van der Waals surface area (Å²) in [7, 11) is 0. The van der Waals surface area contributed by atoms with E-state index in [0.29, 0.717) is 25.7 Å². The first-order chi connectivity index (χ1) is 21.5. The fourth-order valence-electron chi connectivity index (χ4n) is 9.39. The highest BCUT2D eigenvalue weighted by Crippen LogP contribution is 2.69. The molecular weight excluding hydrogens is 595 g/mol. The van der Waals surface area contributed by atoms with Gasteiger partial charge in [-0.25, -0.2) is 13.9 Å². The lowest BCUT2D eigenvalue weighted by molar-refractivity contribution is -0.175. The smallest absolute Gasteiger partial charge is 0.375 e. The number of hydrogen-bond acceptors (Lipinski definition) is 8. The number of carbonyl (C=O) groups is 3. The number of ketones is 1. The monoisotopic (exact) mass is 632 g/mol. The zero-order valence-corrected chi connectivity index (χ0v) is 26.4. The Bertz CT molecular complexity index is 1700. The number of furan rings is 1. The molecule has 0 spiro atoms. The molecule has 45 heavy (non-hydrogen) atoms. The van der Waals surface area contributed by atoms with E-state index >= 15 is 0 Å². The Kier molecular flexibility index (Phi) is 7.24. The number of fused-ring (bicyclic) bond motifs is 6. The second-order valence-corrected chi connectivity index (χ2v) is 14.7. The molecule has 10 heteroatoms. The highest BCUT2D eigenvalue weighted by atomic mass is 32.2. The van der Waals surface area contributed by atoms with Crippen LogP contribution in [0, 0.1) is 34.4 Å². The van der Waals surface area contributed by atoms with Crippen LogP contribution < -0.4 is 0 Å². The molecule has 7 rings (SSSR count). The van der Waals surface area contributed by atoms with Crippen molar-refractivity contribution in [3.05, 3.63) is 77.3 Å².